The van der Waals surface area contributed by atoms with Gasteiger partial charge in [-0.15, -0.1) is 0 Å². The monoisotopic (exact) mass is 372 g/mol. The Labute approximate surface area is 160 Å². The molecule has 0 aromatic rings. The summed E-state index contributed by atoms with van der Waals surface area (Å²) >= 11 is 0. The number of ether oxygens (including phenoxy) is 4. The van der Waals surface area contributed by atoms with Crippen molar-refractivity contribution in [2.75, 3.05) is 79.9 Å². The molecule has 0 N–H and O–H groups in total. The Bertz CT molecular complexity index is 306. The number of hydrogen-bond donors (Lipinski definition) is 0. The molecule has 0 aromatic heterocycles. The van der Waals surface area contributed by atoms with E-state index in [0.29, 0.717) is 12.2 Å². The molecule has 0 aromatic carbocycles. The smallest absolute Gasteiger partial charge is 0.0936 e. The normalized spacial score (nSPS) is 21.7. The van der Waals surface area contributed by atoms with Crippen LogP contribution in [-0.2, 0) is 18.9 Å². The molecule has 0 saturated carbocycles. The van der Waals surface area contributed by atoms with Crippen molar-refractivity contribution in [3.05, 3.63) is 0 Å². The second kappa shape index (κ2) is 13.9. The van der Waals surface area contributed by atoms with E-state index in [1.807, 2.05) is 0 Å². The van der Waals surface area contributed by atoms with Gasteiger partial charge in [0.05, 0.1) is 38.6 Å². The Hall–Kier alpha value is -0.240. The summed E-state index contributed by atoms with van der Waals surface area (Å²) in [5.74, 6) is 0. The van der Waals surface area contributed by atoms with Gasteiger partial charge in [-0.1, -0.05) is 25.7 Å². The van der Waals surface area contributed by atoms with Gasteiger partial charge in [-0.2, -0.15) is 0 Å². The number of epoxide rings is 2. The molecule has 2 aliphatic rings. The van der Waals surface area contributed by atoms with Crippen molar-refractivity contribution in [2.45, 2.75) is 50.7 Å². The first-order valence-electron chi connectivity index (χ1n) is 10.5. The topological polar surface area (TPSA) is 50.0 Å². The number of unbranched alkanes of at least 4 members (excludes halogenated alkanes) is 5. The van der Waals surface area contributed by atoms with Crippen LogP contribution < -0.4 is 0 Å². The number of nitrogens with zero attached hydrogens (tertiary/aromatic N) is 2. The predicted molar refractivity (Wildman–Crippen MR) is 104 cm³/mol. The van der Waals surface area contributed by atoms with Gasteiger partial charge in [0.2, 0.25) is 0 Å². The molecule has 0 bridgehead atoms. The third kappa shape index (κ3) is 11.5. The lowest BCUT2D eigenvalue weighted by atomic mass is 10.1. The van der Waals surface area contributed by atoms with Crippen LogP contribution in [0.2, 0.25) is 0 Å². The van der Waals surface area contributed by atoms with E-state index in [-0.39, 0.29) is 0 Å². The zero-order chi connectivity index (χ0) is 18.5. The van der Waals surface area contributed by atoms with Crippen LogP contribution in [-0.4, -0.2) is 102 Å². The lowest BCUT2D eigenvalue weighted by molar-refractivity contribution is 0.139. The van der Waals surface area contributed by atoms with Gasteiger partial charge < -0.3 is 18.9 Å². The molecule has 0 aliphatic carbocycles. The van der Waals surface area contributed by atoms with Crippen molar-refractivity contribution in [1.82, 2.24) is 9.80 Å². The van der Waals surface area contributed by atoms with Crippen molar-refractivity contribution in [3.8, 4) is 0 Å². The van der Waals surface area contributed by atoms with Crippen molar-refractivity contribution < 1.29 is 18.9 Å². The summed E-state index contributed by atoms with van der Waals surface area (Å²) < 4.78 is 21.2. The van der Waals surface area contributed by atoms with Gasteiger partial charge in [-0.05, 0) is 25.9 Å². The first-order valence-corrected chi connectivity index (χ1v) is 10.5. The van der Waals surface area contributed by atoms with Crippen LogP contribution in [0.15, 0.2) is 0 Å². The van der Waals surface area contributed by atoms with Crippen molar-refractivity contribution in [2.24, 2.45) is 0 Å². The van der Waals surface area contributed by atoms with Gasteiger partial charge in [-0.25, -0.2) is 0 Å². The Morgan fingerprint density at radius 1 is 0.654 bits per heavy atom. The van der Waals surface area contributed by atoms with Crippen LogP contribution in [0.5, 0.6) is 0 Å². The molecule has 6 heteroatoms. The highest BCUT2D eigenvalue weighted by molar-refractivity contribution is 4.75. The highest BCUT2D eigenvalue weighted by atomic mass is 16.6. The second-order valence-corrected chi connectivity index (χ2v) is 7.62. The fraction of sp³-hybridized carbons (Fsp3) is 1.00. The summed E-state index contributed by atoms with van der Waals surface area (Å²) in [6.45, 7) is 10.1. The van der Waals surface area contributed by atoms with E-state index in [0.717, 1.165) is 52.6 Å². The molecular weight excluding hydrogens is 332 g/mol. The van der Waals surface area contributed by atoms with E-state index in [2.05, 4.69) is 9.80 Å². The quantitative estimate of drug-likeness (QED) is 0.255. The molecule has 2 rings (SSSR count). The fourth-order valence-corrected chi connectivity index (χ4v) is 3.33. The first-order chi connectivity index (χ1) is 12.8. The Morgan fingerprint density at radius 3 is 1.38 bits per heavy atom. The number of hydrogen-bond acceptors (Lipinski definition) is 6. The standard InChI is InChI=1S/C20H40N2O4/c1-23-13-11-21(15-19-17-25-19)9-7-5-3-4-6-8-10-22(12-14-24-2)16-20-18-26-20/h19-20H,3-18H2,1-2H3. The molecule has 2 saturated heterocycles. The molecule has 0 radical (unpaired) electrons. The minimum atomic E-state index is 0.481. The molecule has 26 heavy (non-hydrogen) atoms. The summed E-state index contributed by atoms with van der Waals surface area (Å²) in [6, 6.07) is 0. The summed E-state index contributed by atoms with van der Waals surface area (Å²) in [5.41, 5.74) is 0. The zero-order valence-electron chi connectivity index (χ0n) is 17.0. The lowest BCUT2D eigenvalue weighted by Gasteiger charge is -2.21. The maximum Gasteiger partial charge on any atom is 0.0936 e. The van der Waals surface area contributed by atoms with Gasteiger partial charge in [0, 0.05) is 40.4 Å². The van der Waals surface area contributed by atoms with Gasteiger partial charge in [0.1, 0.15) is 0 Å². The molecule has 2 heterocycles. The molecule has 0 amide bonds. The van der Waals surface area contributed by atoms with Gasteiger partial charge in [0.25, 0.3) is 0 Å². The zero-order valence-corrected chi connectivity index (χ0v) is 17.0. The molecule has 2 fully saturated rings. The van der Waals surface area contributed by atoms with Crippen LogP contribution in [0.4, 0.5) is 0 Å². The highest BCUT2D eigenvalue weighted by Crippen LogP contribution is 2.14. The molecule has 2 unspecified atom stereocenters. The lowest BCUT2D eigenvalue weighted by Crippen LogP contribution is -2.32. The van der Waals surface area contributed by atoms with Crippen LogP contribution in [0.25, 0.3) is 0 Å². The Kier molecular flexibility index (Phi) is 11.8. The molecule has 2 aliphatic heterocycles. The van der Waals surface area contributed by atoms with Crippen LogP contribution in [0.1, 0.15) is 38.5 Å². The average molecular weight is 373 g/mol. The van der Waals surface area contributed by atoms with Gasteiger partial charge in [-0.3, -0.25) is 9.80 Å². The first kappa shape index (κ1) is 22.1. The fourth-order valence-electron chi connectivity index (χ4n) is 3.33. The minimum absolute atomic E-state index is 0.481. The van der Waals surface area contributed by atoms with Crippen LogP contribution in [0, 0.1) is 0 Å². The Morgan fingerprint density at radius 2 is 1.04 bits per heavy atom. The van der Waals surface area contributed by atoms with Crippen molar-refractivity contribution in [1.29, 1.82) is 0 Å². The van der Waals surface area contributed by atoms with Gasteiger partial charge in [0.15, 0.2) is 0 Å². The third-order valence-corrected chi connectivity index (χ3v) is 5.15. The Balaban J connectivity index is 1.42. The molecule has 0 spiro atoms. The molecule has 2 atom stereocenters. The van der Waals surface area contributed by atoms with Gasteiger partial charge >= 0.3 is 0 Å². The highest BCUT2D eigenvalue weighted by Gasteiger charge is 2.25. The van der Waals surface area contributed by atoms with Crippen molar-refractivity contribution >= 4 is 0 Å². The molecule has 6 nitrogen and oxygen atoms in total. The van der Waals surface area contributed by atoms with Crippen LogP contribution >= 0.6 is 0 Å². The summed E-state index contributed by atoms with van der Waals surface area (Å²) in [7, 11) is 3.56. The second-order valence-electron chi connectivity index (χ2n) is 7.62. The number of rotatable bonds is 19. The summed E-state index contributed by atoms with van der Waals surface area (Å²) in [5, 5.41) is 0. The largest absolute Gasteiger partial charge is 0.383 e. The SMILES string of the molecule is COCCN(CCCCCCCCN(CCOC)CC1CO1)CC1CO1. The predicted octanol–water partition coefficient (Wildman–Crippen LogP) is 2.02. The van der Waals surface area contributed by atoms with E-state index >= 15 is 0 Å². The molecule has 154 valence electrons. The van der Waals surface area contributed by atoms with E-state index < -0.39 is 0 Å². The third-order valence-electron chi connectivity index (χ3n) is 5.15. The maximum atomic E-state index is 5.36. The van der Waals surface area contributed by atoms with E-state index in [1.165, 1.54) is 51.6 Å². The summed E-state index contributed by atoms with van der Waals surface area (Å²) in [6.07, 6.45) is 8.90. The van der Waals surface area contributed by atoms with E-state index in [9.17, 15) is 0 Å². The van der Waals surface area contributed by atoms with Crippen LogP contribution in [0.3, 0.4) is 0 Å². The van der Waals surface area contributed by atoms with E-state index in [4.69, 9.17) is 18.9 Å². The summed E-state index contributed by atoms with van der Waals surface area (Å²) in [4.78, 5) is 4.99. The van der Waals surface area contributed by atoms with Crippen molar-refractivity contribution in [3.63, 3.8) is 0 Å². The maximum absolute atomic E-state index is 5.36. The number of methoxy groups -OCH3 is 2. The minimum Gasteiger partial charge on any atom is -0.383 e. The average Bonchev–Trinajstić information content (AvgIpc) is 3.55. The molecular formula is C20H40N2O4. The van der Waals surface area contributed by atoms with E-state index in [1.54, 1.807) is 14.2 Å².